The van der Waals surface area contributed by atoms with E-state index < -0.39 is 0 Å². The minimum Gasteiger partial charge on any atom is -0.459 e. The molecule has 0 saturated heterocycles. The molecule has 0 aliphatic rings. The van der Waals surface area contributed by atoms with Crippen molar-refractivity contribution in [2.45, 2.75) is 0 Å². The average molecular weight is 316 g/mol. The fraction of sp³-hybridized carbons (Fsp3) is 0.462. The Balaban J connectivity index is 1.59. The summed E-state index contributed by atoms with van der Waals surface area (Å²) in [5, 5.41) is 13.6. The van der Waals surface area contributed by atoms with E-state index in [-0.39, 0.29) is 19.2 Å². The molecule has 0 amide bonds. The highest BCUT2D eigenvalue weighted by Gasteiger charge is 2.11. The van der Waals surface area contributed by atoms with Gasteiger partial charge in [-0.1, -0.05) is 0 Å². The average Bonchev–Trinajstić information content (AvgIpc) is 3.02. The Morgan fingerprint density at radius 2 is 1.85 bits per heavy atom. The lowest BCUT2D eigenvalue weighted by molar-refractivity contribution is 0.00942. The van der Waals surface area contributed by atoms with E-state index in [1.807, 2.05) is 16.8 Å². The summed E-state index contributed by atoms with van der Waals surface area (Å²) >= 11 is 3.06. The molecule has 2 aromatic heterocycles. The third kappa shape index (κ3) is 4.53. The first-order valence-corrected chi connectivity index (χ1v) is 7.96. The molecule has 0 aliphatic heterocycles. The van der Waals surface area contributed by atoms with Gasteiger partial charge in [0.25, 0.3) is 0 Å². The Morgan fingerprint density at radius 1 is 1.10 bits per heavy atom. The van der Waals surface area contributed by atoms with Crippen LogP contribution in [0, 0.1) is 0 Å². The summed E-state index contributed by atoms with van der Waals surface area (Å²) in [6.07, 6.45) is 0. The lowest BCUT2D eigenvalue weighted by Gasteiger charge is -2.05. The second kappa shape index (κ2) is 8.33. The fourth-order valence-electron chi connectivity index (χ4n) is 1.52. The van der Waals surface area contributed by atoms with E-state index in [1.54, 1.807) is 11.3 Å². The number of esters is 1. The molecule has 0 aliphatic carbocycles. The largest absolute Gasteiger partial charge is 0.459 e. The Kier molecular flexibility index (Phi) is 6.41. The van der Waals surface area contributed by atoms with Crippen molar-refractivity contribution in [3.8, 4) is 0 Å². The van der Waals surface area contributed by atoms with Crippen LogP contribution in [0.5, 0.6) is 0 Å². The molecule has 0 radical (unpaired) electrons. The van der Waals surface area contributed by atoms with E-state index in [0.29, 0.717) is 31.3 Å². The van der Waals surface area contributed by atoms with Gasteiger partial charge in [0.1, 0.15) is 11.5 Å². The maximum Gasteiger partial charge on any atom is 0.348 e. The second-order valence-electron chi connectivity index (χ2n) is 3.89. The quantitative estimate of drug-likeness (QED) is 0.567. The minimum absolute atomic E-state index is 0.00969. The number of aliphatic hydroxyl groups excluding tert-OH is 1. The number of thiophene rings is 2. The molecule has 0 atom stereocenters. The molecule has 0 aromatic carbocycles. The number of hydrogen-bond acceptors (Lipinski definition) is 7. The highest BCUT2D eigenvalue weighted by Crippen LogP contribution is 2.29. The predicted octanol–water partition coefficient (Wildman–Crippen LogP) is 2.15. The molecule has 0 saturated carbocycles. The maximum absolute atomic E-state index is 11.8. The molecular weight excluding hydrogens is 300 g/mol. The number of hydrogen-bond donors (Lipinski definition) is 1. The number of ether oxygens (including phenoxy) is 3. The van der Waals surface area contributed by atoms with E-state index in [2.05, 4.69) is 0 Å². The van der Waals surface area contributed by atoms with E-state index >= 15 is 0 Å². The van der Waals surface area contributed by atoms with E-state index in [1.165, 1.54) is 11.3 Å². The smallest absolute Gasteiger partial charge is 0.348 e. The number of aliphatic hydroxyl groups is 1. The van der Waals surface area contributed by atoms with Crippen LogP contribution in [0.15, 0.2) is 16.8 Å². The van der Waals surface area contributed by atoms with Crippen LogP contribution in [0.3, 0.4) is 0 Å². The van der Waals surface area contributed by atoms with Crippen molar-refractivity contribution in [1.29, 1.82) is 0 Å². The van der Waals surface area contributed by atoms with Crippen molar-refractivity contribution in [3.05, 3.63) is 21.7 Å². The van der Waals surface area contributed by atoms with Gasteiger partial charge in [-0.05, 0) is 11.4 Å². The monoisotopic (exact) mass is 316 g/mol. The summed E-state index contributed by atoms with van der Waals surface area (Å²) in [7, 11) is 0. The summed E-state index contributed by atoms with van der Waals surface area (Å²) < 4.78 is 16.5. The van der Waals surface area contributed by atoms with Crippen LogP contribution in [0.25, 0.3) is 10.1 Å². The van der Waals surface area contributed by atoms with Crippen LogP contribution in [-0.2, 0) is 14.2 Å². The van der Waals surface area contributed by atoms with Gasteiger partial charge in [-0.15, -0.1) is 11.3 Å². The van der Waals surface area contributed by atoms with Gasteiger partial charge in [0.05, 0.1) is 33.0 Å². The lowest BCUT2D eigenvalue weighted by atomic mass is 10.4. The third-order valence-electron chi connectivity index (χ3n) is 2.43. The van der Waals surface area contributed by atoms with Gasteiger partial charge >= 0.3 is 5.97 Å². The van der Waals surface area contributed by atoms with Crippen molar-refractivity contribution < 1.29 is 24.1 Å². The summed E-state index contributed by atoms with van der Waals surface area (Å²) in [6, 6.07) is 1.85. The molecule has 0 unspecified atom stereocenters. The first-order valence-electron chi connectivity index (χ1n) is 6.20. The molecule has 2 rings (SSSR count). The van der Waals surface area contributed by atoms with Crippen LogP contribution in [0.4, 0.5) is 0 Å². The second-order valence-corrected chi connectivity index (χ2v) is 5.71. The van der Waals surface area contributed by atoms with E-state index in [0.717, 1.165) is 10.1 Å². The van der Waals surface area contributed by atoms with Crippen LogP contribution in [0.1, 0.15) is 9.67 Å². The van der Waals surface area contributed by atoms with E-state index in [9.17, 15) is 4.79 Å². The molecule has 0 bridgehead atoms. The molecule has 7 heteroatoms. The number of carbonyl (C=O) groups is 1. The summed E-state index contributed by atoms with van der Waals surface area (Å²) in [5.74, 6) is -0.309. The summed E-state index contributed by atoms with van der Waals surface area (Å²) in [4.78, 5) is 12.4. The summed E-state index contributed by atoms with van der Waals surface area (Å²) in [6.45, 7) is 1.74. The van der Waals surface area contributed by atoms with Crippen LogP contribution in [-0.4, -0.2) is 50.7 Å². The zero-order valence-electron chi connectivity index (χ0n) is 10.9. The van der Waals surface area contributed by atoms with Crippen LogP contribution >= 0.6 is 22.7 Å². The predicted molar refractivity (Wildman–Crippen MR) is 78.7 cm³/mol. The van der Waals surface area contributed by atoms with Gasteiger partial charge in [-0.3, -0.25) is 0 Å². The number of fused-ring (bicyclic) bond motifs is 1. The molecule has 1 N–H and O–H groups in total. The highest BCUT2D eigenvalue weighted by atomic mass is 32.1. The van der Waals surface area contributed by atoms with Crippen molar-refractivity contribution in [2.24, 2.45) is 0 Å². The SMILES string of the molecule is O=C(OCCOCCOCCO)c1cc2cscc2s1. The third-order valence-corrected chi connectivity index (χ3v) is 4.42. The minimum atomic E-state index is -0.309. The Morgan fingerprint density at radius 3 is 2.60 bits per heavy atom. The zero-order valence-corrected chi connectivity index (χ0v) is 12.5. The molecule has 5 nitrogen and oxygen atoms in total. The standard InChI is InChI=1S/C13H16O5S2/c14-1-2-16-3-4-17-5-6-18-13(15)11-7-10-8-19-9-12(10)20-11/h7-9,14H,1-6H2. The number of carbonyl (C=O) groups excluding carboxylic acids is 1. The molecule has 0 spiro atoms. The Hall–Kier alpha value is -0.990. The van der Waals surface area contributed by atoms with Crippen LogP contribution in [0.2, 0.25) is 0 Å². The fourth-order valence-corrected chi connectivity index (χ4v) is 3.43. The summed E-state index contributed by atoms with van der Waals surface area (Å²) in [5.41, 5.74) is 0. The van der Waals surface area contributed by atoms with Gasteiger partial charge in [0.2, 0.25) is 0 Å². The van der Waals surface area contributed by atoms with Gasteiger partial charge in [0.15, 0.2) is 0 Å². The van der Waals surface area contributed by atoms with Crippen molar-refractivity contribution in [2.75, 3.05) is 39.6 Å². The number of rotatable bonds is 9. The van der Waals surface area contributed by atoms with Crippen LogP contribution < -0.4 is 0 Å². The van der Waals surface area contributed by atoms with Gasteiger partial charge in [0, 0.05) is 15.5 Å². The normalized spacial score (nSPS) is 11.1. The first kappa shape index (κ1) is 15.4. The van der Waals surface area contributed by atoms with Crippen molar-refractivity contribution in [1.82, 2.24) is 0 Å². The molecule has 0 fully saturated rings. The highest BCUT2D eigenvalue weighted by molar-refractivity contribution is 7.23. The zero-order chi connectivity index (χ0) is 14.2. The van der Waals surface area contributed by atoms with Crippen molar-refractivity contribution in [3.63, 3.8) is 0 Å². The first-order chi connectivity index (χ1) is 9.81. The topological polar surface area (TPSA) is 65.0 Å². The van der Waals surface area contributed by atoms with Gasteiger partial charge < -0.3 is 19.3 Å². The molecule has 110 valence electrons. The maximum atomic E-state index is 11.8. The lowest BCUT2D eigenvalue weighted by Crippen LogP contribution is -2.13. The molecule has 20 heavy (non-hydrogen) atoms. The molecular formula is C13H16O5S2. The Bertz CT molecular complexity index is 505. The Labute approximate surface area is 124 Å². The molecule has 2 aromatic rings. The molecule has 2 heterocycles. The van der Waals surface area contributed by atoms with E-state index in [4.69, 9.17) is 19.3 Å². The van der Waals surface area contributed by atoms with Gasteiger partial charge in [-0.25, -0.2) is 4.79 Å². The van der Waals surface area contributed by atoms with Crippen molar-refractivity contribution >= 4 is 38.7 Å². The van der Waals surface area contributed by atoms with Gasteiger partial charge in [-0.2, -0.15) is 11.3 Å².